The number of hydrogen-bond donors (Lipinski definition) is 0. The second-order valence-electron chi connectivity index (χ2n) is 4.06. The van der Waals surface area contributed by atoms with Crippen LogP contribution in [0.15, 0.2) is 40.9 Å². The third-order valence-electron chi connectivity index (χ3n) is 2.61. The van der Waals surface area contributed by atoms with Gasteiger partial charge in [-0.1, -0.05) is 39.1 Å². The molecule has 0 aliphatic carbocycles. The minimum atomic E-state index is -0.181. The minimum Gasteiger partial charge on any atom is -0.493 e. The van der Waals surface area contributed by atoms with Gasteiger partial charge in [0.15, 0.2) is 5.78 Å². The first-order valence-electron chi connectivity index (χ1n) is 5.94. The first-order chi connectivity index (χ1) is 9.51. The summed E-state index contributed by atoms with van der Waals surface area (Å²) in [6.07, 6.45) is 0. The quantitative estimate of drug-likeness (QED) is 0.672. The molecule has 2 rings (SSSR count). The van der Waals surface area contributed by atoms with E-state index in [9.17, 15) is 4.79 Å². The third kappa shape index (κ3) is 3.54. The van der Waals surface area contributed by atoms with E-state index in [-0.39, 0.29) is 5.78 Å². The second kappa shape index (κ2) is 6.61. The average molecular weight is 374 g/mol. The number of carbonyl (C=O) groups is 1. The van der Waals surface area contributed by atoms with E-state index in [1.54, 1.807) is 30.3 Å². The van der Waals surface area contributed by atoms with Crippen molar-refractivity contribution in [1.29, 1.82) is 0 Å². The number of ether oxygens (including phenoxy) is 1. The summed E-state index contributed by atoms with van der Waals surface area (Å²) < 4.78 is 6.29. The van der Waals surface area contributed by atoms with Gasteiger partial charge in [0.25, 0.3) is 0 Å². The van der Waals surface area contributed by atoms with Gasteiger partial charge >= 0.3 is 0 Å². The van der Waals surface area contributed by atoms with Crippen molar-refractivity contribution in [3.63, 3.8) is 0 Å². The maximum atomic E-state index is 12.6. The molecule has 0 aliphatic rings. The molecule has 0 radical (unpaired) electrons. The lowest BCUT2D eigenvalue weighted by Gasteiger charge is -2.10. The summed E-state index contributed by atoms with van der Waals surface area (Å²) in [5.41, 5.74) is 0.904. The summed E-state index contributed by atoms with van der Waals surface area (Å²) in [6.45, 7) is 2.35. The Bertz CT molecular complexity index is 636. The molecular weight excluding hydrogens is 363 g/mol. The largest absolute Gasteiger partial charge is 0.493 e. The smallest absolute Gasteiger partial charge is 0.196 e. The van der Waals surface area contributed by atoms with Crippen molar-refractivity contribution in [1.82, 2.24) is 0 Å². The molecule has 104 valence electrons. The van der Waals surface area contributed by atoms with E-state index in [1.165, 1.54) is 0 Å². The van der Waals surface area contributed by atoms with Crippen LogP contribution >= 0.6 is 39.1 Å². The van der Waals surface area contributed by atoms with Crippen molar-refractivity contribution >= 4 is 44.9 Å². The van der Waals surface area contributed by atoms with E-state index in [0.717, 1.165) is 4.47 Å². The predicted molar refractivity (Wildman–Crippen MR) is 85.2 cm³/mol. The summed E-state index contributed by atoms with van der Waals surface area (Å²) >= 11 is 15.2. The predicted octanol–water partition coefficient (Wildman–Crippen LogP) is 5.39. The molecule has 0 unspecified atom stereocenters. The van der Waals surface area contributed by atoms with Crippen LogP contribution in [0.2, 0.25) is 10.0 Å². The second-order valence-corrected chi connectivity index (χ2v) is 5.85. The molecule has 0 aliphatic heterocycles. The summed E-state index contributed by atoms with van der Waals surface area (Å²) in [6, 6.07) is 10.1. The number of benzene rings is 2. The molecule has 0 amide bonds. The van der Waals surface area contributed by atoms with Gasteiger partial charge in [0.1, 0.15) is 5.75 Å². The monoisotopic (exact) mass is 372 g/mol. The van der Waals surface area contributed by atoms with Gasteiger partial charge in [0.05, 0.1) is 12.2 Å². The lowest BCUT2D eigenvalue weighted by Crippen LogP contribution is -2.05. The van der Waals surface area contributed by atoms with Gasteiger partial charge < -0.3 is 4.74 Å². The maximum absolute atomic E-state index is 12.6. The Balaban J connectivity index is 2.49. The Morgan fingerprint density at radius 2 is 1.80 bits per heavy atom. The summed E-state index contributed by atoms with van der Waals surface area (Å²) in [5, 5.41) is 0.850. The average Bonchev–Trinajstić information content (AvgIpc) is 2.39. The minimum absolute atomic E-state index is 0.181. The highest BCUT2D eigenvalue weighted by Gasteiger charge is 2.16. The number of rotatable bonds is 4. The lowest BCUT2D eigenvalue weighted by molar-refractivity contribution is 0.103. The van der Waals surface area contributed by atoms with Crippen molar-refractivity contribution in [3.8, 4) is 5.75 Å². The fourth-order valence-corrected chi connectivity index (χ4v) is 2.69. The SMILES string of the molecule is CCOc1ccc(Br)cc1C(=O)c1cc(Cl)cc(Cl)c1. The van der Waals surface area contributed by atoms with E-state index in [0.29, 0.717) is 33.5 Å². The molecule has 0 saturated carbocycles. The van der Waals surface area contributed by atoms with Gasteiger partial charge in [-0.15, -0.1) is 0 Å². The number of halogens is 3. The van der Waals surface area contributed by atoms with Gasteiger partial charge in [-0.05, 0) is 43.3 Å². The van der Waals surface area contributed by atoms with Crippen LogP contribution < -0.4 is 4.74 Å². The van der Waals surface area contributed by atoms with Crippen molar-refractivity contribution in [2.45, 2.75) is 6.92 Å². The Morgan fingerprint density at radius 1 is 1.15 bits per heavy atom. The van der Waals surface area contributed by atoms with Crippen LogP contribution in [-0.4, -0.2) is 12.4 Å². The summed E-state index contributed by atoms with van der Waals surface area (Å²) in [4.78, 5) is 12.6. The van der Waals surface area contributed by atoms with E-state index in [1.807, 2.05) is 13.0 Å². The lowest BCUT2D eigenvalue weighted by atomic mass is 10.0. The van der Waals surface area contributed by atoms with Crippen LogP contribution in [-0.2, 0) is 0 Å². The molecule has 0 spiro atoms. The molecule has 2 aromatic rings. The summed E-state index contributed by atoms with van der Waals surface area (Å²) in [7, 11) is 0. The molecule has 0 atom stereocenters. The van der Waals surface area contributed by atoms with E-state index >= 15 is 0 Å². The number of ketones is 1. The van der Waals surface area contributed by atoms with Crippen molar-refractivity contribution in [2.75, 3.05) is 6.61 Å². The third-order valence-corrected chi connectivity index (χ3v) is 3.54. The zero-order valence-corrected chi connectivity index (χ0v) is 13.7. The van der Waals surface area contributed by atoms with E-state index < -0.39 is 0 Å². The molecule has 5 heteroatoms. The molecule has 20 heavy (non-hydrogen) atoms. The van der Waals surface area contributed by atoms with Crippen LogP contribution in [0.5, 0.6) is 5.75 Å². The fourth-order valence-electron chi connectivity index (χ4n) is 1.80. The summed E-state index contributed by atoms with van der Waals surface area (Å²) in [5.74, 6) is 0.357. The highest BCUT2D eigenvalue weighted by atomic mass is 79.9. The topological polar surface area (TPSA) is 26.3 Å². The zero-order valence-electron chi connectivity index (χ0n) is 10.6. The molecule has 0 heterocycles. The van der Waals surface area contributed by atoms with Gasteiger partial charge in [0, 0.05) is 20.1 Å². The Morgan fingerprint density at radius 3 is 2.40 bits per heavy atom. The van der Waals surface area contributed by atoms with Crippen LogP contribution in [0.4, 0.5) is 0 Å². The number of hydrogen-bond acceptors (Lipinski definition) is 2. The molecule has 0 saturated heterocycles. The van der Waals surface area contributed by atoms with E-state index in [2.05, 4.69) is 15.9 Å². The van der Waals surface area contributed by atoms with Crippen LogP contribution in [0.25, 0.3) is 0 Å². The Kier molecular flexibility index (Phi) is 5.08. The van der Waals surface area contributed by atoms with Crippen molar-refractivity contribution < 1.29 is 9.53 Å². The molecule has 0 fully saturated rings. The Labute approximate surface area is 135 Å². The highest BCUT2D eigenvalue weighted by molar-refractivity contribution is 9.10. The molecule has 0 N–H and O–H groups in total. The Hall–Kier alpha value is -1.03. The van der Waals surface area contributed by atoms with Gasteiger partial charge in [-0.2, -0.15) is 0 Å². The first-order valence-corrected chi connectivity index (χ1v) is 7.49. The number of carbonyl (C=O) groups excluding carboxylic acids is 1. The van der Waals surface area contributed by atoms with Crippen molar-refractivity contribution in [3.05, 3.63) is 62.0 Å². The maximum Gasteiger partial charge on any atom is 0.196 e. The standard InChI is InChI=1S/C15H11BrCl2O2/c1-2-20-14-4-3-10(16)7-13(14)15(19)9-5-11(17)8-12(18)6-9/h3-8H,2H2,1H3. The first kappa shape index (κ1) is 15.4. The van der Waals surface area contributed by atoms with Gasteiger partial charge in [-0.3, -0.25) is 4.79 Å². The molecule has 0 aromatic heterocycles. The fraction of sp³-hybridized carbons (Fsp3) is 0.133. The van der Waals surface area contributed by atoms with Gasteiger partial charge in [0.2, 0.25) is 0 Å². The zero-order chi connectivity index (χ0) is 14.7. The van der Waals surface area contributed by atoms with E-state index in [4.69, 9.17) is 27.9 Å². The van der Waals surface area contributed by atoms with Gasteiger partial charge in [-0.25, -0.2) is 0 Å². The van der Waals surface area contributed by atoms with Crippen LogP contribution in [0.1, 0.15) is 22.8 Å². The van der Waals surface area contributed by atoms with Crippen LogP contribution in [0.3, 0.4) is 0 Å². The van der Waals surface area contributed by atoms with Crippen molar-refractivity contribution in [2.24, 2.45) is 0 Å². The van der Waals surface area contributed by atoms with Crippen LogP contribution in [0, 0.1) is 0 Å². The normalized spacial score (nSPS) is 10.4. The molecule has 2 nitrogen and oxygen atoms in total. The molecule has 2 aromatic carbocycles. The molecular formula is C15H11BrCl2O2. The molecule has 0 bridgehead atoms. The highest BCUT2D eigenvalue weighted by Crippen LogP contribution is 2.28.